The van der Waals surface area contributed by atoms with Crippen molar-refractivity contribution in [2.24, 2.45) is 5.92 Å². The highest BCUT2D eigenvalue weighted by Gasteiger charge is 2.28. The van der Waals surface area contributed by atoms with Gasteiger partial charge in [-0.1, -0.05) is 27.7 Å². The van der Waals surface area contributed by atoms with E-state index in [4.69, 9.17) is 0 Å². The molecule has 1 aliphatic heterocycles. The fourth-order valence-corrected chi connectivity index (χ4v) is 2.83. The summed E-state index contributed by atoms with van der Waals surface area (Å²) < 4.78 is 0. The Morgan fingerprint density at radius 1 is 1.25 bits per heavy atom. The van der Waals surface area contributed by atoms with Gasteiger partial charge >= 0.3 is 0 Å². The molecule has 0 amide bonds. The first-order valence-corrected chi connectivity index (χ1v) is 7.09. The molecule has 1 heterocycles. The van der Waals surface area contributed by atoms with Crippen molar-refractivity contribution in [3.8, 4) is 0 Å². The molecule has 2 atom stereocenters. The highest BCUT2D eigenvalue weighted by atomic mass is 15.2. The smallest absolute Gasteiger partial charge is 0.0218 e. The normalized spacial score (nSPS) is 28.7. The third kappa shape index (κ3) is 3.46. The van der Waals surface area contributed by atoms with Crippen molar-refractivity contribution in [3.63, 3.8) is 0 Å². The Bertz CT molecular complexity index is 187. The first-order chi connectivity index (χ1) is 7.60. The summed E-state index contributed by atoms with van der Waals surface area (Å²) in [6, 6.07) is 2.18. The molecule has 16 heavy (non-hydrogen) atoms. The van der Waals surface area contributed by atoms with Gasteiger partial charge in [0.15, 0.2) is 0 Å². The average Bonchev–Trinajstić information content (AvgIpc) is 2.44. The zero-order valence-electron chi connectivity index (χ0n) is 11.8. The van der Waals surface area contributed by atoms with E-state index in [0.717, 1.165) is 18.0 Å². The van der Waals surface area contributed by atoms with E-state index in [9.17, 15) is 0 Å². The molecule has 2 heteroatoms. The van der Waals surface area contributed by atoms with Crippen molar-refractivity contribution in [1.82, 2.24) is 10.2 Å². The Balaban J connectivity index is 2.69. The van der Waals surface area contributed by atoms with Crippen LogP contribution in [-0.4, -0.2) is 36.1 Å². The van der Waals surface area contributed by atoms with Gasteiger partial charge in [0.2, 0.25) is 0 Å². The summed E-state index contributed by atoms with van der Waals surface area (Å²) in [5, 5.41) is 3.70. The maximum absolute atomic E-state index is 3.70. The molecular formula is C14H30N2. The van der Waals surface area contributed by atoms with Crippen molar-refractivity contribution in [1.29, 1.82) is 0 Å². The quantitative estimate of drug-likeness (QED) is 0.793. The minimum absolute atomic E-state index is 0.672. The van der Waals surface area contributed by atoms with Gasteiger partial charge in [0.25, 0.3) is 0 Å². The third-order valence-corrected chi connectivity index (χ3v) is 4.16. The molecule has 0 bridgehead atoms. The van der Waals surface area contributed by atoms with Gasteiger partial charge in [-0.2, -0.15) is 0 Å². The summed E-state index contributed by atoms with van der Waals surface area (Å²) in [5.41, 5.74) is 0. The lowest BCUT2D eigenvalue weighted by molar-refractivity contribution is 0.125. The van der Waals surface area contributed by atoms with E-state index >= 15 is 0 Å². The summed E-state index contributed by atoms with van der Waals surface area (Å²) >= 11 is 0. The van der Waals surface area contributed by atoms with Crippen LogP contribution in [0.25, 0.3) is 0 Å². The molecule has 2 unspecified atom stereocenters. The largest absolute Gasteiger partial charge is 0.312 e. The van der Waals surface area contributed by atoms with Crippen LogP contribution in [0.15, 0.2) is 0 Å². The van der Waals surface area contributed by atoms with E-state index < -0.39 is 0 Å². The van der Waals surface area contributed by atoms with E-state index in [1.807, 2.05) is 0 Å². The molecular weight excluding hydrogens is 196 g/mol. The Morgan fingerprint density at radius 3 is 2.38 bits per heavy atom. The average molecular weight is 226 g/mol. The minimum Gasteiger partial charge on any atom is -0.312 e. The molecule has 2 nitrogen and oxygen atoms in total. The predicted molar refractivity (Wildman–Crippen MR) is 71.8 cm³/mol. The van der Waals surface area contributed by atoms with E-state index in [1.54, 1.807) is 0 Å². The lowest BCUT2D eigenvalue weighted by Gasteiger charge is -2.36. The van der Waals surface area contributed by atoms with Crippen LogP contribution >= 0.6 is 0 Å². The molecule has 96 valence electrons. The molecule has 1 fully saturated rings. The first kappa shape index (κ1) is 14.0. The topological polar surface area (TPSA) is 15.3 Å². The Kier molecular flexibility index (Phi) is 5.77. The molecule has 1 aliphatic rings. The molecule has 0 aliphatic carbocycles. The number of hydrogen-bond acceptors (Lipinski definition) is 2. The number of nitrogens with one attached hydrogen (secondary N) is 1. The maximum atomic E-state index is 3.70. The lowest BCUT2D eigenvalue weighted by atomic mass is 10.0. The van der Waals surface area contributed by atoms with Gasteiger partial charge in [-0.15, -0.1) is 0 Å². The van der Waals surface area contributed by atoms with Crippen LogP contribution in [0.5, 0.6) is 0 Å². The molecule has 1 saturated heterocycles. The van der Waals surface area contributed by atoms with Crippen LogP contribution in [0, 0.1) is 5.92 Å². The van der Waals surface area contributed by atoms with Crippen molar-refractivity contribution < 1.29 is 0 Å². The van der Waals surface area contributed by atoms with Gasteiger partial charge in [0.05, 0.1) is 0 Å². The Hall–Kier alpha value is -0.0800. The van der Waals surface area contributed by atoms with Gasteiger partial charge in [-0.05, 0) is 38.6 Å². The fraction of sp³-hybridized carbons (Fsp3) is 1.00. The van der Waals surface area contributed by atoms with E-state index in [-0.39, 0.29) is 0 Å². The van der Waals surface area contributed by atoms with E-state index in [2.05, 4.69) is 44.8 Å². The zero-order chi connectivity index (χ0) is 12.1. The Labute approximate surface area is 102 Å². The van der Waals surface area contributed by atoms with Crippen LogP contribution in [0.1, 0.15) is 53.9 Å². The highest BCUT2D eigenvalue weighted by molar-refractivity contribution is 4.85. The SMILES string of the molecule is CCC(CC)N1CC(C(C)C)NCCC1C. The standard InChI is InChI=1S/C14H30N2/c1-6-13(7-2)16-10-14(11(3)4)15-9-8-12(16)5/h11-15H,6-10H2,1-5H3. The van der Waals surface area contributed by atoms with Crippen molar-refractivity contribution in [3.05, 3.63) is 0 Å². The zero-order valence-corrected chi connectivity index (χ0v) is 11.8. The summed E-state index contributed by atoms with van der Waals surface area (Å²) in [7, 11) is 0. The van der Waals surface area contributed by atoms with Crippen LogP contribution in [0.2, 0.25) is 0 Å². The van der Waals surface area contributed by atoms with Gasteiger partial charge in [0, 0.05) is 24.7 Å². The monoisotopic (exact) mass is 226 g/mol. The van der Waals surface area contributed by atoms with Crippen molar-refractivity contribution in [2.45, 2.75) is 72.0 Å². The third-order valence-electron chi connectivity index (χ3n) is 4.16. The molecule has 1 rings (SSSR count). The van der Waals surface area contributed by atoms with Crippen LogP contribution in [0.4, 0.5) is 0 Å². The van der Waals surface area contributed by atoms with E-state index in [0.29, 0.717) is 6.04 Å². The van der Waals surface area contributed by atoms with Crippen molar-refractivity contribution >= 4 is 0 Å². The minimum atomic E-state index is 0.672. The van der Waals surface area contributed by atoms with E-state index in [1.165, 1.54) is 32.4 Å². The van der Waals surface area contributed by atoms with Gasteiger partial charge in [-0.3, -0.25) is 4.90 Å². The Morgan fingerprint density at radius 2 is 1.88 bits per heavy atom. The number of rotatable bonds is 4. The maximum Gasteiger partial charge on any atom is 0.0218 e. The first-order valence-electron chi connectivity index (χ1n) is 7.09. The van der Waals surface area contributed by atoms with Crippen LogP contribution in [0.3, 0.4) is 0 Å². The van der Waals surface area contributed by atoms with Gasteiger partial charge in [-0.25, -0.2) is 0 Å². The molecule has 0 radical (unpaired) electrons. The summed E-state index contributed by atoms with van der Waals surface area (Å²) in [6.45, 7) is 14.1. The molecule has 0 aromatic rings. The fourth-order valence-electron chi connectivity index (χ4n) is 2.83. The second-order valence-corrected chi connectivity index (χ2v) is 5.61. The molecule has 0 aromatic carbocycles. The summed E-state index contributed by atoms with van der Waals surface area (Å²) in [6.07, 6.45) is 3.86. The second-order valence-electron chi connectivity index (χ2n) is 5.61. The second kappa shape index (κ2) is 6.61. The lowest BCUT2D eigenvalue weighted by Crippen LogP contribution is -2.47. The number of nitrogens with zero attached hydrogens (tertiary/aromatic N) is 1. The molecule has 0 saturated carbocycles. The molecule has 0 spiro atoms. The van der Waals surface area contributed by atoms with Crippen LogP contribution in [-0.2, 0) is 0 Å². The number of hydrogen-bond donors (Lipinski definition) is 1. The predicted octanol–water partition coefficient (Wildman–Crippen LogP) is 2.88. The summed E-state index contributed by atoms with van der Waals surface area (Å²) in [4.78, 5) is 2.74. The molecule has 1 N–H and O–H groups in total. The summed E-state index contributed by atoms with van der Waals surface area (Å²) in [5.74, 6) is 0.738. The van der Waals surface area contributed by atoms with Gasteiger partial charge in [0.1, 0.15) is 0 Å². The van der Waals surface area contributed by atoms with Gasteiger partial charge < -0.3 is 5.32 Å². The van der Waals surface area contributed by atoms with Crippen molar-refractivity contribution in [2.75, 3.05) is 13.1 Å². The van der Waals surface area contributed by atoms with Crippen LogP contribution < -0.4 is 5.32 Å². The highest BCUT2D eigenvalue weighted by Crippen LogP contribution is 2.19. The molecule has 0 aromatic heterocycles.